The van der Waals surface area contributed by atoms with Crippen LogP contribution in [0.2, 0.25) is 0 Å². The molecule has 3 heterocycles. The summed E-state index contributed by atoms with van der Waals surface area (Å²) in [7, 11) is 0. The third-order valence-electron chi connectivity index (χ3n) is 7.64. The van der Waals surface area contributed by atoms with Crippen LogP contribution in [0.4, 0.5) is 17.5 Å². The van der Waals surface area contributed by atoms with Crippen LogP contribution in [0.15, 0.2) is 60.9 Å². The van der Waals surface area contributed by atoms with E-state index >= 15 is 0 Å². The van der Waals surface area contributed by atoms with Gasteiger partial charge in [-0.15, -0.1) is 0 Å². The van der Waals surface area contributed by atoms with Gasteiger partial charge in [0.1, 0.15) is 18.7 Å². The Morgan fingerprint density at radius 2 is 1.85 bits per heavy atom. The summed E-state index contributed by atoms with van der Waals surface area (Å²) in [5, 5.41) is 21.6. The highest BCUT2D eigenvalue weighted by Crippen LogP contribution is 2.45. The van der Waals surface area contributed by atoms with Gasteiger partial charge in [0, 0.05) is 35.2 Å². The van der Waals surface area contributed by atoms with Gasteiger partial charge in [-0.1, -0.05) is 48.5 Å². The number of aliphatic hydroxyl groups is 2. The smallest absolute Gasteiger partial charge is 0.230 e. The summed E-state index contributed by atoms with van der Waals surface area (Å²) in [4.78, 5) is 41.4. The lowest BCUT2D eigenvalue weighted by atomic mass is 9.82. The Kier molecular flexibility index (Phi) is 5.42. The highest BCUT2D eigenvalue weighted by molar-refractivity contribution is 6.27. The molecule has 5 aromatic rings. The summed E-state index contributed by atoms with van der Waals surface area (Å²) >= 11 is 0. The van der Waals surface area contributed by atoms with Gasteiger partial charge >= 0.3 is 0 Å². The van der Waals surface area contributed by atoms with Crippen molar-refractivity contribution in [2.24, 2.45) is 0 Å². The number of nitrogens with zero attached hydrogens (tertiary/aromatic N) is 5. The lowest BCUT2D eigenvalue weighted by molar-refractivity contribution is -0.116. The van der Waals surface area contributed by atoms with Crippen molar-refractivity contribution in [1.82, 2.24) is 19.5 Å². The Bertz CT molecular complexity index is 1870. The Morgan fingerprint density at radius 3 is 2.60 bits per heavy atom. The molecule has 1 amide bonds. The number of hydrogen-bond acceptors (Lipinski definition) is 9. The van der Waals surface area contributed by atoms with Gasteiger partial charge in [0.05, 0.1) is 18.4 Å². The van der Waals surface area contributed by atoms with Crippen molar-refractivity contribution in [3.05, 3.63) is 72.1 Å². The average molecular weight is 537 g/mol. The maximum absolute atomic E-state index is 13.5. The molecule has 0 bridgehead atoms. The monoisotopic (exact) mass is 536 g/mol. The third-order valence-corrected chi connectivity index (χ3v) is 7.64. The van der Waals surface area contributed by atoms with E-state index in [0.717, 1.165) is 16.5 Å². The van der Waals surface area contributed by atoms with Crippen LogP contribution < -0.4 is 10.6 Å². The van der Waals surface area contributed by atoms with Crippen LogP contribution >= 0.6 is 0 Å². The number of fused-ring (bicyclic) bond motifs is 3. The minimum absolute atomic E-state index is 0.0844. The van der Waals surface area contributed by atoms with Crippen molar-refractivity contribution in [2.75, 3.05) is 17.2 Å². The van der Waals surface area contributed by atoms with Gasteiger partial charge in [0.15, 0.2) is 22.8 Å². The van der Waals surface area contributed by atoms with Crippen molar-refractivity contribution in [2.45, 2.75) is 31.8 Å². The number of nitrogen functional groups attached to an aromatic ring is 1. The van der Waals surface area contributed by atoms with Crippen molar-refractivity contribution in [3.63, 3.8) is 0 Å². The summed E-state index contributed by atoms with van der Waals surface area (Å²) in [6.45, 7) is 1.03. The van der Waals surface area contributed by atoms with Crippen molar-refractivity contribution in [1.29, 1.82) is 0 Å². The average Bonchev–Trinajstić information content (AvgIpc) is 3.52. The van der Waals surface area contributed by atoms with Gasteiger partial charge in [0.25, 0.3) is 0 Å². The first-order chi connectivity index (χ1) is 19.4. The van der Waals surface area contributed by atoms with Crippen molar-refractivity contribution >= 4 is 51.1 Å². The molecule has 0 unspecified atom stereocenters. The first-order valence-electron chi connectivity index (χ1n) is 12.8. The summed E-state index contributed by atoms with van der Waals surface area (Å²) in [6, 6.07) is 16.7. The zero-order chi connectivity index (χ0) is 27.7. The van der Waals surface area contributed by atoms with Crippen molar-refractivity contribution < 1.29 is 24.5 Å². The molecule has 0 spiro atoms. The van der Waals surface area contributed by atoms with E-state index in [4.69, 9.17) is 15.5 Å². The SMILES string of the molecule is CC(=O)N(c1ccc2c3c(cccc13)C(=O)c1ccccc1-2)c1nc2c(N)ncnc2n1[C@H]1C[C@H](O)[C@@H](CO)O1. The van der Waals surface area contributed by atoms with Crippen LogP contribution in [-0.4, -0.2) is 60.2 Å². The van der Waals surface area contributed by atoms with E-state index in [2.05, 4.69) is 9.97 Å². The molecular formula is C29H24N6O5. The van der Waals surface area contributed by atoms with Gasteiger partial charge in [-0.05, 0) is 17.2 Å². The first kappa shape index (κ1) is 24.3. The lowest BCUT2D eigenvalue weighted by Crippen LogP contribution is -2.28. The molecule has 40 heavy (non-hydrogen) atoms. The third kappa shape index (κ3) is 3.38. The number of ether oxygens (including phenoxy) is 1. The van der Waals surface area contributed by atoms with Crippen LogP contribution in [-0.2, 0) is 9.53 Å². The Balaban J connectivity index is 1.49. The minimum Gasteiger partial charge on any atom is -0.394 e. The molecule has 3 atom stereocenters. The molecule has 1 fully saturated rings. The predicted octanol–water partition coefficient (Wildman–Crippen LogP) is 3.10. The summed E-state index contributed by atoms with van der Waals surface area (Å²) in [6.07, 6.45) is -1.12. The number of nitrogens with two attached hydrogens (primary N) is 1. The number of aromatic nitrogens is 4. The molecule has 1 aliphatic carbocycles. The number of rotatable bonds is 4. The standard InChI is InChI=1S/C29H24N6O5/c1-14(37)34(29-33-25-27(30)31-13-32-28(25)35(29)23-11-21(38)22(12-36)40-23)20-10-9-16-15-5-2-3-6-17(15)26(39)19-8-4-7-18(20)24(16)19/h2-10,13,21-23,36,38H,11-12H2,1H3,(H2,30,31,32)/t21-,22+,23+/m0/s1. The zero-order valence-corrected chi connectivity index (χ0v) is 21.4. The fourth-order valence-corrected chi connectivity index (χ4v) is 5.85. The number of ketones is 1. The highest BCUT2D eigenvalue weighted by atomic mass is 16.5. The Labute approximate surface area is 227 Å². The number of benzene rings is 3. The number of carbonyl (C=O) groups is 2. The van der Waals surface area contributed by atoms with Crippen LogP contribution in [0.5, 0.6) is 0 Å². The number of anilines is 3. The largest absolute Gasteiger partial charge is 0.394 e. The maximum atomic E-state index is 13.5. The normalized spacial score (nSPS) is 19.8. The van der Waals surface area contributed by atoms with Crippen LogP contribution in [0.25, 0.3) is 33.1 Å². The second kappa shape index (κ2) is 8.91. The Morgan fingerprint density at radius 1 is 1.07 bits per heavy atom. The number of amides is 1. The zero-order valence-electron chi connectivity index (χ0n) is 21.4. The maximum Gasteiger partial charge on any atom is 0.230 e. The number of carbonyl (C=O) groups excluding carboxylic acids is 2. The summed E-state index contributed by atoms with van der Waals surface area (Å²) in [5.41, 5.74) is 10.1. The van der Waals surface area contributed by atoms with Crippen LogP contribution in [0.3, 0.4) is 0 Å². The second-order valence-corrected chi connectivity index (χ2v) is 9.92. The fourth-order valence-electron chi connectivity index (χ4n) is 5.85. The molecule has 0 saturated carbocycles. The summed E-state index contributed by atoms with van der Waals surface area (Å²) < 4.78 is 7.57. The fraction of sp³-hybridized carbons (Fsp3) is 0.207. The van der Waals surface area contributed by atoms with E-state index < -0.39 is 18.4 Å². The predicted molar refractivity (Wildman–Crippen MR) is 147 cm³/mol. The van der Waals surface area contributed by atoms with Crippen LogP contribution in [0, 0.1) is 0 Å². The van der Waals surface area contributed by atoms with Crippen LogP contribution in [0.1, 0.15) is 35.5 Å². The quantitative estimate of drug-likeness (QED) is 0.308. The lowest BCUT2D eigenvalue weighted by Gasteiger charge is -2.27. The second-order valence-electron chi connectivity index (χ2n) is 9.92. The van der Waals surface area contributed by atoms with E-state index in [1.165, 1.54) is 18.2 Å². The highest BCUT2D eigenvalue weighted by Gasteiger charge is 2.39. The van der Waals surface area contributed by atoms with Gasteiger partial charge < -0.3 is 20.7 Å². The van der Waals surface area contributed by atoms with Gasteiger partial charge in [0.2, 0.25) is 11.9 Å². The Hall–Kier alpha value is -4.71. The molecule has 1 aliphatic heterocycles. The molecule has 2 aromatic heterocycles. The first-order valence-corrected chi connectivity index (χ1v) is 12.8. The molecule has 7 rings (SSSR count). The van der Waals surface area contributed by atoms with Gasteiger partial charge in [-0.2, -0.15) is 0 Å². The van der Waals surface area contributed by atoms with Gasteiger partial charge in [-0.25, -0.2) is 19.9 Å². The molecular weight excluding hydrogens is 512 g/mol. The molecule has 11 heteroatoms. The molecule has 11 nitrogen and oxygen atoms in total. The van der Waals surface area contributed by atoms with Gasteiger partial charge in [-0.3, -0.25) is 14.2 Å². The molecule has 4 N–H and O–H groups in total. The van der Waals surface area contributed by atoms with Crippen molar-refractivity contribution in [3.8, 4) is 11.1 Å². The van der Waals surface area contributed by atoms with E-state index in [1.807, 2.05) is 42.5 Å². The number of hydrogen-bond donors (Lipinski definition) is 3. The molecule has 200 valence electrons. The molecule has 3 aromatic carbocycles. The molecule has 2 aliphatic rings. The number of imidazole rings is 1. The molecule has 0 radical (unpaired) electrons. The minimum atomic E-state index is -0.933. The van der Waals surface area contributed by atoms with E-state index in [-0.39, 0.29) is 42.0 Å². The molecule has 1 saturated heterocycles. The number of aliphatic hydroxyl groups excluding tert-OH is 2. The van der Waals surface area contributed by atoms with E-state index in [1.54, 1.807) is 16.7 Å². The summed E-state index contributed by atoms with van der Waals surface area (Å²) in [5.74, 6) is -0.166. The van der Waals surface area contributed by atoms with E-state index in [9.17, 15) is 19.8 Å². The van der Waals surface area contributed by atoms with E-state index in [0.29, 0.717) is 27.8 Å². The topological polar surface area (TPSA) is 157 Å².